The van der Waals surface area contributed by atoms with Crippen LogP contribution >= 0.6 is 11.3 Å². The van der Waals surface area contributed by atoms with E-state index in [1.54, 1.807) is 31.8 Å². The van der Waals surface area contributed by atoms with Crippen LogP contribution in [0.5, 0.6) is 11.5 Å². The number of methoxy groups -OCH3 is 2. The molecule has 0 aliphatic carbocycles. The van der Waals surface area contributed by atoms with Crippen LogP contribution in [0.3, 0.4) is 0 Å². The van der Waals surface area contributed by atoms with E-state index in [-0.39, 0.29) is 0 Å². The van der Waals surface area contributed by atoms with Crippen molar-refractivity contribution < 1.29 is 13.9 Å². The van der Waals surface area contributed by atoms with Gasteiger partial charge < -0.3 is 19.2 Å². The normalized spacial score (nSPS) is 10.8. The minimum atomic E-state index is 0.416. The van der Waals surface area contributed by atoms with E-state index in [1.807, 2.05) is 41.9 Å². The minimum Gasteiger partial charge on any atom is -0.493 e. The zero-order valence-corrected chi connectivity index (χ0v) is 14.5. The molecule has 0 spiro atoms. The summed E-state index contributed by atoms with van der Waals surface area (Å²) in [6.07, 6.45) is 1.67. The van der Waals surface area contributed by atoms with Crippen LogP contribution in [0.15, 0.2) is 52.5 Å². The second-order valence-electron chi connectivity index (χ2n) is 5.26. The third-order valence-corrected chi connectivity index (χ3v) is 4.57. The highest BCUT2D eigenvalue weighted by Crippen LogP contribution is 2.33. The van der Waals surface area contributed by atoms with Gasteiger partial charge in [0.1, 0.15) is 0 Å². The first-order chi connectivity index (χ1) is 12.3. The first kappa shape index (κ1) is 15.5. The van der Waals surface area contributed by atoms with Gasteiger partial charge in [-0.05, 0) is 36.4 Å². The van der Waals surface area contributed by atoms with Crippen LogP contribution in [0.25, 0.3) is 21.5 Å². The maximum Gasteiger partial charge on any atom is 0.299 e. The van der Waals surface area contributed by atoms with Gasteiger partial charge in [-0.2, -0.15) is 0 Å². The van der Waals surface area contributed by atoms with Gasteiger partial charge in [-0.15, -0.1) is 11.3 Å². The molecule has 0 unspecified atom stereocenters. The van der Waals surface area contributed by atoms with E-state index in [1.165, 1.54) is 0 Å². The van der Waals surface area contributed by atoms with Crippen LogP contribution < -0.4 is 14.8 Å². The maximum absolute atomic E-state index is 5.80. The number of thiazole rings is 1. The van der Waals surface area contributed by atoms with Crippen LogP contribution in [-0.2, 0) is 0 Å². The lowest BCUT2D eigenvalue weighted by molar-refractivity contribution is 0.355. The van der Waals surface area contributed by atoms with E-state index in [0.29, 0.717) is 23.3 Å². The van der Waals surface area contributed by atoms with Crippen molar-refractivity contribution in [2.45, 2.75) is 0 Å². The Morgan fingerprint density at radius 2 is 1.88 bits per heavy atom. The van der Waals surface area contributed by atoms with Crippen LogP contribution in [0.4, 0.5) is 11.7 Å². The van der Waals surface area contributed by atoms with Crippen molar-refractivity contribution in [2.75, 3.05) is 19.5 Å². The van der Waals surface area contributed by atoms with E-state index in [0.717, 1.165) is 21.5 Å². The highest BCUT2D eigenvalue weighted by atomic mass is 32.1. The van der Waals surface area contributed by atoms with E-state index >= 15 is 0 Å². The number of anilines is 2. The molecule has 2 heterocycles. The molecule has 0 saturated carbocycles. The zero-order valence-electron chi connectivity index (χ0n) is 13.6. The fourth-order valence-electron chi connectivity index (χ4n) is 2.51. The van der Waals surface area contributed by atoms with Gasteiger partial charge >= 0.3 is 0 Å². The predicted octanol–water partition coefficient (Wildman–Crippen LogP) is 4.71. The van der Waals surface area contributed by atoms with Crippen molar-refractivity contribution >= 4 is 33.3 Å². The molecule has 0 radical (unpaired) electrons. The quantitative estimate of drug-likeness (QED) is 0.560. The van der Waals surface area contributed by atoms with Crippen LogP contribution in [0, 0.1) is 0 Å². The van der Waals surface area contributed by atoms with E-state index in [9.17, 15) is 0 Å². The SMILES string of the molecule is COc1ccc(-c2cnc(Nc3ccc4scnc4c3)o2)cc1OC. The Labute approximate surface area is 148 Å². The summed E-state index contributed by atoms with van der Waals surface area (Å²) in [5.41, 5.74) is 4.50. The summed E-state index contributed by atoms with van der Waals surface area (Å²) in [6.45, 7) is 0. The number of hydrogen-bond donors (Lipinski definition) is 1. The Morgan fingerprint density at radius 3 is 2.72 bits per heavy atom. The molecule has 0 aliphatic heterocycles. The smallest absolute Gasteiger partial charge is 0.299 e. The lowest BCUT2D eigenvalue weighted by Crippen LogP contribution is -1.90. The van der Waals surface area contributed by atoms with E-state index < -0.39 is 0 Å². The molecule has 25 heavy (non-hydrogen) atoms. The number of nitrogens with zero attached hydrogens (tertiary/aromatic N) is 2. The number of aromatic nitrogens is 2. The molecule has 4 rings (SSSR count). The average molecular weight is 353 g/mol. The third kappa shape index (κ3) is 3.01. The monoisotopic (exact) mass is 353 g/mol. The summed E-state index contributed by atoms with van der Waals surface area (Å²) in [4.78, 5) is 8.60. The Morgan fingerprint density at radius 1 is 1.00 bits per heavy atom. The first-order valence-corrected chi connectivity index (χ1v) is 8.43. The summed E-state index contributed by atoms with van der Waals surface area (Å²) in [5, 5.41) is 3.16. The van der Waals surface area contributed by atoms with Gasteiger partial charge in [0.05, 0.1) is 36.1 Å². The molecule has 2 aromatic carbocycles. The molecule has 1 N–H and O–H groups in total. The third-order valence-electron chi connectivity index (χ3n) is 3.76. The lowest BCUT2D eigenvalue weighted by atomic mass is 10.1. The van der Waals surface area contributed by atoms with Gasteiger partial charge in [-0.25, -0.2) is 9.97 Å². The molecule has 0 atom stereocenters. The number of oxazole rings is 1. The summed E-state index contributed by atoms with van der Waals surface area (Å²) in [5.74, 6) is 1.94. The maximum atomic E-state index is 5.80. The molecule has 0 saturated heterocycles. The number of fused-ring (bicyclic) bond motifs is 1. The largest absolute Gasteiger partial charge is 0.493 e. The van der Waals surface area contributed by atoms with Crippen LogP contribution in [0.1, 0.15) is 0 Å². The Hall–Kier alpha value is -3.06. The molecule has 4 aromatic rings. The molecule has 0 fully saturated rings. The van der Waals surface area contributed by atoms with Crippen molar-refractivity contribution in [1.82, 2.24) is 9.97 Å². The van der Waals surface area contributed by atoms with Gasteiger partial charge in [0, 0.05) is 11.3 Å². The van der Waals surface area contributed by atoms with E-state index in [4.69, 9.17) is 13.9 Å². The fraction of sp³-hybridized carbons (Fsp3) is 0.111. The summed E-state index contributed by atoms with van der Waals surface area (Å²) in [6, 6.07) is 12.0. The van der Waals surface area contributed by atoms with Crippen molar-refractivity contribution in [3.05, 3.63) is 48.1 Å². The molecule has 0 bridgehead atoms. The number of hydrogen-bond acceptors (Lipinski definition) is 7. The van der Waals surface area contributed by atoms with Crippen molar-refractivity contribution in [1.29, 1.82) is 0 Å². The molecular formula is C18H15N3O3S. The van der Waals surface area contributed by atoms with Crippen molar-refractivity contribution in [3.8, 4) is 22.8 Å². The molecule has 6 nitrogen and oxygen atoms in total. The van der Waals surface area contributed by atoms with Crippen LogP contribution in [-0.4, -0.2) is 24.2 Å². The average Bonchev–Trinajstić information content (AvgIpc) is 3.30. The Balaban J connectivity index is 1.59. The second kappa shape index (κ2) is 6.45. The first-order valence-electron chi connectivity index (χ1n) is 7.55. The molecule has 0 aliphatic rings. The molecular weight excluding hydrogens is 338 g/mol. The fourth-order valence-corrected chi connectivity index (χ4v) is 3.17. The Bertz CT molecular complexity index is 1030. The molecule has 0 amide bonds. The van der Waals surface area contributed by atoms with Gasteiger partial charge in [0.25, 0.3) is 6.01 Å². The standard InChI is InChI=1S/C18H15N3O3S/c1-22-14-5-3-11(7-15(14)23-2)16-9-19-18(24-16)21-12-4-6-17-13(8-12)20-10-25-17/h3-10H,1-2H3,(H,19,21). The van der Waals surface area contributed by atoms with Gasteiger partial charge in [-0.3, -0.25) is 0 Å². The lowest BCUT2D eigenvalue weighted by Gasteiger charge is -2.08. The highest BCUT2D eigenvalue weighted by Gasteiger charge is 2.11. The minimum absolute atomic E-state index is 0.416. The molecule has 2 aromatic heterocycles. The zero-order chi connectivity index (χ0) is 17.2. The highest BCUT2D eigenvalue weighted by molar-refractivity contribution is 7.16. The summed E-state index contributed by atoms with van der Waals surface area (Å²) >= 11 is 1.61. The van der Waals surface area contributed by atoms with Gasteiger partial charge in [0.15, 0.2) is 17.3 Å². The number of rotatable bonds is 5. The predicted molar refractivity (Wildman–Crippen MR) is 97.9 cm³/mol. The van der Waals surface area contributed by atoms with Gasteiger partial charge in [0.2, 0.25) is 0 Å². The topological polar surface area (TPSA) is 69.4 Å². The number of ether oxygens (including phenoxy) is 2. The van der Waals surface area contributed by atoms with Gasteiger partial charge in [-0.1, -0.05) is 0 Å². The molecule has 126 valence electrons. The van der Waals surface area contributed by atoms with Crippen molar-refractivity contribution in [3.63, 3.8) is 0 Å². The number of nitrogens with one attached hydrogen (secondary N) is 1. The van der Waals surface area contributed by atoms with Crippen LogP contribution in [0.2, 0.25) is 0 Å². The Kier molecular flexibility index (Phi) is 3.99. The number of benzene rings is 2. The van der Waals surface area contributed by atoms with Crippen molar-refractivity contribution in [2.24, 2.45) is 0 Å². The van der Waals surface area contributed by atoms with E-state index in [2.05, 4.69) is 15.3 Å². The molecule has 7 heteroatoms. The summed E-state index contributed by atoms with van der Waals surface area (Å²) < 4.78 is 17.5. The summed E-state index contributed by atoms with van der Waals surface area (Å²) in [7, 11) is 3.21. The second-order valence-corrected chi connectivity index (χ2v) is 6.15.